The first-order valence-electron chi connectivity index (χ1n) is 13.3. The Hall–Kier alpha value is -4.47. The Labute approximate surface area is 232 Å². The van der Waals surface area contributed by atoms with Gasteiger partial charge in [-0.05, 0) is 67.3 Å². The molecule has 0 bridgehead atoms. The number of carbonyl (C=O) groups is 3. The summed E-state index contributed by atoms with van der Waals surface area (Å²) in [5.41, 5.74) is 4.78. The van der Waals surface area contributed by atoms with Gasteiger partial charge in [-0.25, -0.2) is 4.79 Å². The summed E-state index contributed by atoms with van der Waals surface area (Å²) in [4.78, 5) is 39.9. The molecular formula is C31H32N4O5. The Morgan fingerprint density at radius 1 is 1.00 bits per heavy atom. The molecule has 5 rings (SSSR count). The normalized spacial score (nSPS) is 16.7. The van der Waals surface area contributed by atoms with Crippen LogP contribution < -0.4 is 16.0 Å². The smallest absolute Gasteiger partial charge is 0.336 e. The first-order valence-corrected chi connectivity index (χ1v) is 13.3. The summed E-state index contributed by atoms with van der Waals surface area (Å²) in [6, 6.07) is 19.8. The average molecular weight is 541 g/mol. The number of rotatable bonds is 8. The summed E-state index contributed by atoms with van der Waals surface area (Å²) in [5, 5.41) is 27.9. The number of hydrogen-bond donors (Lipinski definition) is 5. The van der Waals surface area contributed by atoms with E-state index < -0.39 is 5.97 Å². The predicted octanol–water partition coefficient (Wildman–Crippen LogP) is 3.81. The van der Waals surface area contributed by atoms with Gasteiger partial charge in [0.15, 0.2) is 0 Å². The largest absolute Gasteiger partial charge is 0.478 e. The fourth-order valence-corrected chi connectivity index (χ4v) is 5.25. The molecule has 0 aliphatic carbocycles. The molecule has 0 unspecified atom stereocenters. The number of nitrogens with zero attached hydrogens (tertiary/aromatic N) is 1. The highest BCUT2D eigenvalue weighted by Gasteiger charge is 2.30. The minimum atomic E-state index is -1.05. The number of carboxylic acid groups (broad SMARTS) is 1. The molecule has 2 heterocycles. The summed E-state index contributed by atoms with van der Waals surface area (Å²) < 4.78 is 0. The van der Waals surface area contributed by atoms with Gasteiger partial charge < -0.3 is 31.1 Å². The molecule has 206 valence electrons. The lowest BCUT2D eigenvalue weighted by molar-refractivity contribution is -0.110. The van der Waals surface area contributed by atoms with Crippen molar-refractivity contribution in [3.63, 3.8) is 0 Å². The maximum Gasteiger partial charge on any atom is 0.336 e. The minimum absolute atomic E-state index is 0.0979. The van der Waals surface area contributed by atoms with Crippen LogP contribution in [0.5, 0.6) is 0 Å². The van der Waals surface area contributed by atoms with E-state index in [0.29, 0.717) is 45.9 Å². The Kier molecular flexibility index (Phi) is 7.95. The van der Waals surface area contributed by atoms with E-state index in [4.69, 9.17) is 5.11 Å². The number of carbonyl (C=O) groups excluding carboxylic acids is 2. The van der Waals surface area contributed by atoms with E-state index in [-0.39, 0.29) is 30.0 Å². The Morgan fingerprint density at radius 2 is 1.70 bits per heavy atom. The highest BCUT2D eigenvalue weighted by atomic mass is 16.4. The lowest BCUT2D eigenvalue weighted by Gasteiger charge is -2.31. The third-order valence-corrected chi connectivity index (χ3v) is 7.41. The van der Waals surface area contributed by atoms with Gasteiger partial charge in [0.2, 0.25) is 0 Å². The number of benzene rings is 3. The molecule has 0 aromatic heterocycles. The zero-order valence-corrected chi connectivity index (χ0v) is 22.2. The van der Waals surface area contributed by atoms with Crippen LogP contribution in [0, 0.1) is 6.92 Å². The Morgan fingerprint density at radius 3 is 2.35 bits per heavy atom. The molecule has 1 fully saturated rings. The monoisotopic (exact) mass is 540 g/mol. The van der Waals surface area contributed by atoms with E-state index in [1.54, 1.807) is 37.3 Å². The summed E-state index contributed by atoms with van der Waals surface area (Å²) in [6.07, 6.45) is 1.69. The van der Waals surface area contributed by atoms with Gasteiger partial charge in [-0.3, -0.25) is 9.59 Å². The van der Waals surface area contributed by atoms with Crippen LogP contribution in [0.3, 0.4) is 0 Å². The summed E-state index contributed by atoms with van der Waals surface area (Å²) in [5.74, 6) is -1.52. The van der Waals surface area contributed by atoms with Gasteiger partial charge in [-0.1, -0.05) is 30.3 Å². The number of hydrogen-bond acceptors (Lipinski definition) is 6. The van der Waals surface area contributed by atoms with Crippen LogP contribution >= 0.6 is 0 Å². The van der Waals surface area contributed by atoms with Crippen LogP contribution in [0.1, 0.15) is 50.2 Å². The number of amides is 2. The van der Waals surface area contributed by atoms with Crippen molar-refractivity contribution in [1.82, 2.24) is 10.2 Å². The molecule has 2 aliphatic heterocycles. The molecule has 1 saturated heterocycles. The van der Waals surface area contributed by atoms with E-state index in [9.17, 15) is 19.5 Å². The number of likely N-dealkylation sites (tertiary alicyclic amines) is 1. The van der Waals surface area contributed by atoms with Crippen LogP contribution in [0.4, 0.5) is 11.4 Å². The van der Waals surface area contributed by atoms with Crippen molar-refractivity contribution in [2.75, 3.05) is 36.9 Å². The third-order valence-electron chi connectivity index (χ3n) is 7.41. The van der Waals surface area contributed by atoms with E-state index >= 15 is 0 Å². The number of aryl methyl sites for hydroxylation is 1. The van der Waals surface area contributed by atoms with E-state index in [1.807, 2.05) is 30.3 Å². The molecule has 2 aliphatic rings. The molecule has 0 atom stereocenters. The standard InChI is InChI=1S/C31H32N4O5/c1-19-17-25-26(18-24(19)31(39)40)34-30(38)27(25)28(20-5-3-2-4-6-20)32-22-9-7-21(8-10-22)29(37)33-23-11-13-35(14-12-23)15-16-36/h2-10,17-18,23,32,36H,11-16H2,1H3,(H,33,37)(H,34,38)(H,39,40)/b28-27+. The van der Waals surface area contributed by atoms with Crippen molar-refractivity contribution in [3.05, 3.63) is 94.5 Å². The molecule has 9 heteroatoms. The fourth-order valence-electron chi connectivity index (χ4n) is 5.25. The highest BCUT2D eigenvalue weighted by Crippen LogP contribution is 2.39. The van der Waals surface area contributed by atoms with Crippen molar-refractivity contribution in [2.24, 2.45) is 0 Å². The number of carboxylic acids is 1. The molecule has 5 N–H and O–H groups in total. The first-order chi connectivity index (χ1) is 19.3. The van der Waals surface area contributed by atoms with Crippen LogP contribution in [0.2, 0.25) is 0 Å². The maximum absolute atomic E-state index is 13.2. The molecule has 40 heavy (non-hydrogen) atoms. The highest BCUT2D eigenvalue weighted by molar-refractivity contribution is 6.37. The number of fused-ring (bicyclic) bond motifs is 1. The molecule has 2 amide bonds. The Bertz CT molecular complexity index is 1460. The van der Waals surface area contributed by atoms with Crippen LogP contribution in [-0.4, -0.2) is 65.2 Å². The topological polar surface area (TPSA) is 131 Å². The molecule has 9 nitrogen and oxygen atoms in total. The summed E-state index contributed by atoms with van der Waals surface area (Å²) in [6.45, 7) is 4.20. The molecule has 3 aromatic rings. The van der Waals surface area contributed by atoms with Crippen LogP contribution in [0.15, 0.2) is 66.7 Å². The average Bonchev–Trinajstić information content (AvgIpc) is 3.27. The van der Waals surface area contributed by atoms with E-state index in [0.717, 1.165) is 31.5 Å². The number of piperidine rings is 1. The first kappa shape index (κ1) is 27.1. The van der Waals surface area contributed by atoms with Gasteiger partial charge in [0.05, 0.1) is 29.1 Å². The van der Waals surface area contributed by atoms with Crippen molar-refractivity contribution < 1.29 is 24.6 Å². The van der Waals surface area contributed by atoms with Gasteiger partial charge in [0, 0.05) is 42.5 Å². The molecule has 0 radical (unpaired) electrons. The van der Waals surface area contributed by atoms with E-state index in [2.05, 4.69) is 20.9 Å². The van der Waals surface area contributed by atoms with Crippen molar-refractivity contribution in [1.29, 1.82) is 0 Å². The van der Waals surface area contributed by atoms with Crippen molar-refractivity contribution in [2.45, 2.75) is 25.8 Å². The van der Waals surface area contributed by atoms with Crippen molar-refractivity contribution in [3.8, 4) is 0 Å². The quantitative estimate of drug-likeness (QED) is 0.275. The van der Waals surface area contributed by atoms with Gasteiger partial charge in [-0.2, -0.15) is 0 Å². The lowest BCUT2D eigenvalue weighted by Crippen LogP contribution is -2.45. The maximum atomic E-state index is 13.2. The fraction of sp³-hybridized carbons (Fsp3) is 0.258. The number of aliphatic hydroxyl groups excluding tert-OH is 1. The van der Waals surface area contributed by atoms with Gasteiger partial charge >= 0.3 is 5.97 Å². The predicted molar refractivity (Wildman–Crippen MR) is 154 cm³/mol. The van der Waals surface area contributed by atoms with E-state index in [1.165, 1.54) is 6.07 Å². The summed E-state index contributed by atoms with van der Waals surface area (Å²) in [7, 11) is 0. The molecule has 0 saturated carbocycles. The molecular weight excluding hydrogens is 508 g/mol. The summed E-state index contributed by atoms with van der Waals surface area (Å²) >= 11 is 0. The Balaban J connectivity index is 1.39. The minimum Gasteiger partial charge on any atom is -0.478 e. The van der Waals surface area contributed by atoms with Gasteiger partial charge in [0.25, 0.3) is 11.8 Å². The molecule has 0 spiro atoms. The zero-order valence-electron chi connectivity index (χ0n) is 22.2. The number of anilines is 2. The second-order valence-corrected chi connectivity index (χ2v) is 10.1. The SMILES string of the molecule is Cc1cc2c(cc1C(=O)O)NC(=O)/C2=C(/Nc1ccc(C(=O)NC2CCN(CCO)CC2)cc1)c1ccccc1. The number of nitrogens with one attached hydrogen (secondary N) is 3. The van der Waals surface area contributed by atoms with Gasteiger partial charge in [0.1, 0.15) is 0 Å². The van der Waals surface area contributed by atoms with Gasteiger partial charge in [-0.15, -0.1) is 0 Å². The van der Waals surface area contributed by atoms with Crippen molar-refractivity contribution >= 4 is 40.4 Å². The lowest BCUT2D eigenvalue weighted by atomic mass is 9.96. The number of β-amino-alcohol motifs (C(OH)–C–C–N with tert-alkyl or cyclic N) is 1. The molecule has 3 aromatic carbocycles. The van der Waals surface area contributed by atoms with Crippen LogP contribution in [-0.2, 0) is 4.79 Å². The third kappa shape index (κ3) is 5.75. The number of aromatic carboxylic acids is 1. The second kappa shape index (κ2) is 11.7. The zero-order chi connectivity index (χ0) is 28.2. The second-order valence-electron chi connectivity index (χ2n) is 10.1. The number of aliphatic hydroxyl groups is 1. The van der Waals surface area contributed by atoms with Crippen LogP contribution in [0.25, 0.3) is 11.3 Å².